The van der Waals surface area contributed by atoms with Crippen LogP contribution in [-0.4, -0.2) is 0 Å². The van der Waals surface area contributed by atoms with E-state index in [2.05, 4.69) is 97.1 Å². The van der Waals surface area contributed by atoms with Gasteiger partial charge in [0.1, 0.15) is 11.2 Å². The standard InChI is InChI=1S/C46H28O/c1-2-13-30(14-3-1)44-34-17-6-8-19-36(34)45(37-20-9-7-18-35(37)44)32-26-27-42-41(28-32)40-23-11-22-39(46(40)47-42)38-21-10-15-31-25-24-29-12-4-5-16-33(29)43(31)38/h1-28H/i1D,2D,3D,13D,14D. The van der Waals surface area contributed by atoms with Gasteiger partial charge in [-0.3, -0.25) is 0 Å². The minimum absolute atomic E-state index is 0.204. The van der Waals surface area contributed by atoms with Crippen molar-refractivity contribution in [3.8, 4) is 33.4 Å². The maximum Gasteiger partial charge on any atom is 0.143 e. The minimum atomic E-state index is -0.401. The molecular formula is C46H28O. The van der Waals surface area contributed by atoms with Gasteiger partial charge in [-0.1, -0.05) is 158 Å². The van der Waals surface area contributed by atoms with Crippen molar-refractivity contribution in [2.45, 2.75) is 0 Å². The van der Waals surface area contributed by atoms with Crippen LogP contribution in [0.1, 0.15) is 6.85 Å². The molecule has 0 spiro atoms. The van der Waals surface area contributed by atoms with E-state index in [4.69, 9.17) is 11.3 Å². The molecule has 47 heavy (non-hydrogen) atoms. The smallest absolute Gasteiger partial charge is 0.143 e. The highest BCUT2D eigenvalue weighted by Gasteiger charge is 2.19. The van der Waals surface area contributed by atoms with Crippen LogP contribution < -0.4 is 0 Å². The van der Waals surface area contributed by atoms with E-state index in [1.165, 1.54) is 21.5 Å². The number of furan rings is 1. The van der Waals surface area contributed by atoms with Crippen molar-refractivity contribution in [3.05, 3.63) is 170 Å². The summed E-state index contributed by atoms with van der Waals surface area (Å²) >= 11 is 0. The first-order valence-electron chi connectivity index (χ1n) is 18.3. The van der Waals surface area contributed by atoms with Crippen LogP contribution in [0.3, 0.4) is 0 Å². The molecule has 0 fully saturated rings. The lowest BCUT2D eigenvalue weighted by atomic mass is 9.86. The maximum atomic E-state index is 8.87. The third kappa shape index (κ3) is 3.90. The largest absolute Gasteiger partial charge is 0.455 e. The Kier molecular flexibility index (Phi) is 4.66. The maximum absolute atomic E-state index is 8.87. The van der Waals surface area contributed by atoms with Crippen molar-refractivity contribution < 1.29 is 11.3 Å². The molecule has 10 aromatic rings. The minimum Gasteiger partial charge on any atom is -0.455 e. The van der Waals surface area contributed by atoms with Gasteiger partial charge >= 0.3 is 0 Å². The molecule has 0 radical (unpaired) electrons. The number of hydrogen-bond acceptors (Lipinski definition) is 1. The molecule has 0 aliphatic carbocycles. The molecule has 10 rings (SSSR count). The lowest BCUT2D eigenvalue weighted by Crippen LogP contribution is -1.90. The van der Waals surface area contributed by atoms with E-state index >= 15 is 0 Å². The van der Waals surface area contributed by atoms with Crippen LogP contribution in [-0.2, 0) is 0 Å². The topological polar surface area (TPSA) is 13.1 Å². The van der Waals surface area contributed by atoms with Crippen LogP contribution in [0.15, 0.2) is 174 Å². The summed E-state index contributed by atoms with van der Waals surface area (Å²) in [5.41, 5.74) is 6.63. The summed E-state index contributed by atoms with van der Waals surface area (Å²) in [4.78, 5) is 0. The quantitative estimate of drug-likeness (QED) is 0.145. The molecule has 0 aliphatic heterocycles. The lowest BCUT2D eigenvalue weighted by molar-refractivity contribution is 0.670. The third-order valence-corrected chi connectivity index (χ3v) is 9.53. The molecule has 0 amide bonds. The Bertz CT molecular complexity index is 3050. The molecule has 0 atom stereocenters. The van der Waals surface area contributed by atoms with Crippen LogP contribution in [0.2, 0.25) is 0 Å². The van der Waals surface area contributed by atoms with Gasteiger partial charge in [0.25, 0.3) is 0 Å². The van der Waals surface area contributed by atoms with Gasteiger partial charge in [0.05, 0.1) is 6.85 Å². The van der Waals surface area contributed by atoms with Crippen LogP contribution >= 0.6 is 0 Å². The van der Waals surface area contributed by atoms with Gasteiger partial charge in [0.15, 0.2) is 0 Å². The van der Waals surface area contributed by atoms with Gasteiger partial charge in [-0.15, -0.1) is 0 Å². The monoisotopic (exact) mass is 601 g/mol. The fraction of sp³-hybridized carbons (Fsp3) is 0. The van der Waals surface area contributed by atoms with Crippen molar-refractivity contribution in [1.29, 1.82) is 0 Å². The number of fused-ring (bicyclic) bond motifs is 8. The Morgan fingerprint density at radius 2 is 0.979 bits per heavy atom. The highest BCUT2D eigenvalue weighted by atomic mass is 16.3. The average Bonchev–Trinajstić information content (AvgIpc) is 3.57. The normalized spacial score (nSPS) is 13.3. The lowest BCUT2D eigenvalue weighted by Gasteiger charge is -2.17. The molecule has 1 heterocycles. The van der Waals surface area contributed by atoms with E-state index in [9.17, 15) is 0 Å². The number of hydrogen-bond donors (Lipinski definition) is 0. The molecule has 9 aromatic carbocycles. The number of para-hydroxylation sites is 1. The van der Waals surface area contributed by atoms with Gasteiger partial charge < -0.3 is 4.42 Å². The second-order valence-electron chi connectivity index (χ2n) is 12.0. The second-order valence-corrected chi connectivity index (χ2v) is 12.0. The Hall–Kier alpha value is -6.18. The molecule has 1 nitrogen and oxygen atoms in total. The molecular weight excluding hydrogens is 569 g/mol. The van der Waals surface area contributed by atoms with Crippen molar-refractivity contribution in [2.75, 3.05) is 0 Å². The van der Waals surface area contributed by atoms with Gasteiger partial charge in [-0.05, 0) is 83.0 Å². The third-order valence-electron chi connectivity index (χ3n) is 9.53. The summed E-state index contributed by atoms with van der Waals surface area (Å²) in [5.74, 6) is 0. The molecule has 0 saturated carbocycles. The Balaban J connectivity index is 1.24. The zero-order chi connectivity index (χ0) is 35.2. The van der Waals surface area contributed by atoms with E-state index in [-0.39, 0.29) is 29.7 Å². The summed E-state index contributed by atoms with van der Waals surface area (Å²) in [5, 5.41) is 10.3. The molecule has 0 saturated heterocycles. The van der Waals surface area contributed by atoms with Crippen LogP contribution in [0, 0.1) is 0 Å². The van der Waals surface area contributed by atoms with E-state index in [0.717, 1.165) is 65.7 Å². The van der Waals surface area contributed by atoms with Gasteiger partial charge in [0, 0.05) is 16.3 Å². The predicted molar refractivity (Wildman–Crippen MR) is 200 cm³/mol. The summed E-state index contributed by atoms with van der Waals surface area (Å²) < 4.78 is 49.5. The van der Waals surface area contributed by atoms with E-state index < -0.39 is 6.04 Å². The van der Waals surface area contributed by atoms with E-state index in [1.54, 1.807) is 0 Å². The summed E-state index contributed by atoms with van der Waals surface area (Å²) in [6.07, 6.45) is 0. The average molecular weight is 602 g/mol. The Morgan fingerprint density at radius 1 is 0.404 bits per heavy atom. The molecule has 0 bridgehead atoms. The van der Waals surface area contributed by atoms with Crippen molar-refractivity contribution >= 4 is 65.0 Å². The Labute approximate surface area is 279 Å². The number of benzene rings is 9. The van der Waals surface area contributed by atoms with Crippen molar-refractivity contribution in [2.24, 2.45) is 0 Å². The van der Waals surface area contributed by atoms with E-state index in [0.29, 0.717) is 5.56 Å². The van der Waals surface area contributed by atoms with Gasteiger partial charge in [0.2, 0.25) is 0 Å². The van der Waals surface area contributed by atoms with Crippen LogP contribution in [0.4, 0.5) is 0 Å². The SMILES string of the molecule is [2H]c1c([2H])c([2H])c(-c2c3ccccc3c(-c3ccc4oc5c(-c6cccc7ccc8ccccc8c67)cccc5c4c3)c3ccccc23)c([2H])c1[2H]. The first kappa shape index (κ1) is 21.5. The fourth-order valence-electron chi connectivity index (χ4n) is 7.53. The van der Waals surface area contributed by atoms with Crippen molar-refractivity contribution in [3.63, 3.8) is 0 Å². The van der Waals surface area contributed by atoms with Gasteiger partial charge in [-0.25, -0.2) is 0 Å². The zero-order valence-electron chi connectivity index (χ0n) is 30.2. The summed E-state index contributed by atoms with van der Waals surface area (Å²) in [6.45, 7) is 0. The summed E-state index contributed by atoms with van der Waals surface area (Å²) in [6, 6.07) is 46.4. The first-order valence-corrected chi connectivity index (χ1v) is 15.8. The number of rotatable bonds is 3. The molecule has 1 aromatic heterocycles. The second kappa shape index (κ2) is 10.2. The molecule has 218 valence electrons. The molecule has 1 heteroatoms. The van der Waals surface area contributed by atoms with Gasteiger partial charge in [-0.2, -0.15) is 0 Å². The molecule has 0 N–H and O–H groups in total. The molecule has 0 unspecified atom stereocenters. The predicted octanol–water partition coefficient (Wildman–Crippen LogP) is 13.2. The van der Waals surface area contributed by atoms with Crippen LogP contribution in [0.5, 0.6) is 0 Å². The highest BCUT2D eigenvalue weighted by molar-refractivity contribution is 6.23. The van der Waals surface area contributed by atoms with Crippen LogP contribution in [0.25, 0.3) is 98.4 Å². The van der Waals surface area contributed by atoms with E-state index in [1.807, 2.05) is 42.5 Å². The molecule has 0 aliphatic rings. The summed E-state index contributed by atoms with van der Waals surface area (Å²) in [7, 11) is 0. The highest BCUT2D eigenvalue weighted by Crippen LogP contribution is 2.46. The van der Waals surface area contributed by atoms with Crippen molar-refractivity contribution in [1.82, 2.24) is 0 Å². The zero-order valence-corrected chi connectivity index (χ0v) is 25.2. The first-order chi connectivity index (χ1) is 25.4. The fourth-order valence-corrected chi connectivity index (χ4v) is 7.53. The Morgan fingerprint density at radius 3 is 1.72 bits per heavy atom.